The molecule has 1 unspecified atom stereocenters. The van der Waals surface area contributed by atoms with Crippen molar-refractivity contribution >= 4 is 10.0 Å². The van der Waals surface area contributed by atoms with Crippen LogP contribution in [0.15, 0.2) is 21.6 Å². The predicted molar refractivity (Wildman–Crippen MR) is 58.8 cm³/mol. The molecule has 0 aliphatic carbocycles. The van der Waals surface area contributed by atoms with Crippen LogP contribution in [0, 0.1) is 0 Å². The van der Waals surface area contributed by atoms with E-state index < -0.39 is 10.0 Å². The maximum absolute atomic E-state index is 11.9. The third-order valence-corrected chi connectivity index (χ3v) is 3.93. The summed E-state index contributed by atoms with van der Waals surface area (Å²) in [6.07, 6.45) is 1.60. The van der Waals surface area contributed by atoms with E-state index >= 15 is 0 Å². The van der Waals surface area contributed by atoms with Crippen LogP contribution in [0.4, 0.5) is 0 Å². The van der Waals surface area contributed by atoms with E-state index in [1.54, 1.807) is 0 Å². The molecule has 2 N–H and O–H groups in total. The van der Waals surface area contributed by atoms with E-state index in [4.69, 9.17) is 14.3 Å². The van der Waals surface area contributed by atoms with Crippen molar-refractivity contribution in [2.45, 2.75) is 30.6 Å². The van der Waals surface area contributed by atoms with E-state index in [9.17, 15) is 8.42 Å². The Morgan fingerprint density at radius 1 is 1.47 bits per heavy atom. The van der Waals surface area contributed by atoms with Crippen LogP contribution in [0.5, 0.6) is 0 Å². The highest BCUT2D eigenvalue weighted by Crippen LogP contribution is 2.16. The van der Waals surface area contributed by atoms with Crippen LogP contribution in [0.25, 0.3) is 0 Å². The van der Waals surface area contributed by atoms with Crippen molar-refractivity contribution in [1.29, 1.82) is 0 Å². The van der Waals surface area contributed by atoms with E-state index in [2.05, 4.69) is 4.72 Å². The molecular formula is C10H15NO5S. The zero-order valence-electron chi connectivity index (χ0n) is 9.26. The number of nitrogens with one attached hydrogen (secondary N) is 1. The highest BCUT2D eigenvalue weighted by atomic mass is 32.2. The van der Waals surface area contributed by atoms with E-state index in [1.807, 2.05) is 0 Å². The van der Waals surface area contributed by atoms with Crippen LogP contribution in [0.3, 0.4) is 0 Å². The topological polar surface area (TPSA) is 88.8 Å². The van der Waals surface area contributed by atoms with Gasteiger partial charge in [0.1, 0.15) is 12.4 Å². The average molecular weight is 261 g/mol. The summed E-state index contributed by atoms with van der Waals surface area (Å²) in [6.45, 7) is 0.739. The van der Waals surface area contributed by atoms with Gasteiger partial charge in [-0.2, -0.15) is 0 Å². The van der Waals surface area contributed by atoms with Crippen LogP contribution < -0.4 is 4.72 Å². The smallest absolute Gasteiger partial charge is 0.274 e. The lowest BCUT2D eigenvalue weighted by Gasteiger charge is -2.22. The van der Waals surface area contributed by atoms with Crippen molar-refractivity contribution in [3.8, 4) is 0 Å². The number of sulfonamides is 1. The van der Waals surface area contributed by atoms with Crippen molar-refractivity contribution < 1.29 is 22.7 Å². The van der Waals surface area contributed by atoms with Crippen molar-refractivity contribution in [3.63, 3.8) is 0 Å². The van der Waals surface area contributed by atoms with Crippen molar-refractivity contribution in [2.75, 3.05) is 13.2 Å². The van der Waals surface area contributed by atoms with Crippen molar-refractivity contribution in [3.05, 3.63) is 17.9 Å². The first-order valence-corrected chi connectivity index (χ1v) is 6.90. The van der Waals surface area contributed by atoms with Gasteiger partial charge in [-0.05, 0) is 25.0 Å². The fourth-order valence-corrected chi connectivity index (χ4v) is 2.90. The van der Waals surface area contributed by atoms with Crippen LogP contribution >= 0.6 is 0 Å². The summed E-state index contributed by atoms with van der Waals surface area (Å²) in [5.74, 6) is 0.227. The Morgan fingerprint density at radius 3 is 2.88 bits per heavy atom. The quantitative estimate of drug-likeness (QED) is 0.810. The third kappa shape index (κ3) is 3.06. The molecule has 96 valence electrons. The van der Waals surface area contributed by atoms with Gasteiger partial charge in [0.2, 0.25) is 5.09 Å². The van der Waals surface area contributed by atoms with Gasteiger partial charge in [-0.3, -0.25) is 0 Å². The second-order valence-electron chi connectivity index (χ2n) is 3.91. The zero-order valence-corrected chi connectivity index (χ0v) is 10.1. The highest BCUT2D eigenvalue weighted by molar-refractivity contribution is 7.89. The minimum Gasteiger partial charge on any atom is -0.446 e. The van der Waals surface area contributed by atoms with Gasteiger partial charge in [0.15, 0.2) is 0 Å². The number of rotatable bonds is 4. The van der Waals surface area contributed by atoms with Crippen molar-refractivity contribution in [2.24, 2.45) is 0 Å². The summed E-state index contributed by atoms with van der Waals surface area (Å²) in [5, 5.41) is 8.64. The SMILES string of the molecule is O=S(=O)(NC1CCCOC1)c1ccc(CO)o1. The molecule has 1 aliphatic heterocycles. The van der Waals surface area contributed by atoms with E-state index in [0.717, 1.165) is 12.8 Å². The summed E-state index contributed by atoms with van der Waals surface area (Å²) in [7, 11) is -3.66. The Kier molecular flexibility index (Phi) is 3.82. The first-order valence-electron chi connectivity index (χ1n) is 5.41. The molecule has 1 fully saturated rings. The minimum absolute atomic E-state index is 0.174. The predicted octanol–water partition coefficient (Wildman–Crippen LogP) is 0.229. The first-order chi connectivity index (χ1) is 8.12. The van der Waals surface area contributed by atoms with Crippen LogP contribution in [0.1, 0.15) is 18.6 Å². The molecule has 0 spiro atoms. The molecule has 1 aromatic heterocycles. The molecule has 0 saturated carbocycles. The molecular weight excluding hydrogens is 246 g/mol. The number of furan rings is 1. The molecule has 17 heavy (non-hydrogen) atoms. The average Bonchev–Trinajstić information content (AvgIpc) is 2.79. The second-order valence-corrected chi connectivity index (χ2v) is 5.56. The number of hydrogen-bond acceptors (Lipinski definition) is 5. The Hall–Kier alpha value is -0.890. The molecule has 2 rings (SSSR count). The maximum atomic E-state index is 11.9. The number of hydrogen-bond donors (Lipinski definition) is 2. The molecule has 0 aromatic carbocycles. The number of ether oxygens (including phenoxy) is 1. The van der Waals surface area contributed by atoms with Crippen LogP contribution in [0.2, 0.25) is 0 Å². The van der Waals surface area contributed by atoms with Crippen molar-refractivity contribution in [1.82, 2.24) is 4.72 Å². The molecule has 1 aromatic rings. The molecule has 7 heteroatoms. The van der Waals surface area contributed by atoms with E-state index in [-0.39, 0.29) is 23.5 Å². The Bertz CT molecular complexity index is 461. The third-order valence-electron chi connectivity index (χ3n) is 2.54. The lowest BCUT2D eigenvalue weighted by molar-refractivity contribution is 0.0772. The summed E-state index contributed by atoms with van der Waals surface area (Å²) in [5.41, 5.74) is 0. The van der Waals surface area contributed by atoms with Gasteiger partial charge in [0, 0.05) is 12.6 Å². The lowest BCUT2D eigenvalue weighted by Crippen LogP contribution is -2.40. The number of aliphatic hydroxyl groups is 1. The van der Waals surface area contributed by atoms with Gasteiger partial charge in [-0.15, -0.1) is 0 Å². The van der Waals surface area contributed by atoms with Gasteiger partial charge < -0.3 is 14.3 Å². The minimum atomic E-state index is -3.66. The monoisotopic (exact) mass is 261 g/mol. The van der Waals surface area contributed by atoms with E-state index in [0.29, 0.717) is 13.2 Å². The van der Waals surface area contributed by atoms with Crippen LogP contribution in [-0.2, 0) is 21.4 Å². The lowest BCUT2D eigenvalue weighted by atomic mass is 10.1. The molecule has 2 heterocycles. The molecule has 0 radical (unpaired) electrons. The Labute approximate surface area is 99.6 Å². The largest absolute Gasteiger partial charge is 0.446 e. The zero-order chi connectivity index (χ0) is 12.3. The molecule has 0 bridgehead atoms. The van der Waals surface area contributed by atoms with Gasteiger partial charge in [0.05, 0.1) is 6.61 Å². The standard InChI is InChI=1S/C10H15NO5S/c12-6-9-3-4-10(16-9)17(13,14)11-8-2-1-5-15-7-8/h3-4,8,11-12H,1-2,5-7H2. The summed E-state index contributed by atoms with van der Waals surface area (Å²) in [4.78, 5) is 0. The van der Waals surface area contributed by atoms with Gasteiger partial charge in [0.25, 0.3) is 10.0 Å². The van der Waals surface area contributed by atoms with Gasteiger partial charge in [-0.1, -0.05) is 0 Å². The normalized spacial score (nSPS) is 21.6. The fourth-order valence-electron chi connectivity index (χ4n) is 1.70. The second kappa shape index (κ2) is 5.18. The molecule has 6 nitrogen and oxygen atoms in total. The molecule has 1 saturated heterocycles. The summed E-state index contributed by atoms with van der Waals surface area (Å²) < 4.78 is 36.5. The summed E-state index contributed by atoms with van der Waals surface area (Å²) >= 11 is 0. The Balaban J connectivity index is 2.07. The van der Waals surface area contributed by atoms with Gasteiger partial charge in [-0.25, -0.2) is 13.1 Å². The van der Waals surface area contributed by atoms with Gasteiger partial charge >= 0.3 is 0 Å². The maximum Gasteiger partial charge on any atom is 0.274 e. The number of aliphatic hydroxyl groups excluding tert-OH is 1. The van der Waals surface area contributed by atoms with Crippen LogP contribution in [-0.4, -0.2) is 32.8 Å². The Morgan fingerprint density at radius 2 is 2.29 bits per heavy atom. The fraction of sp³-hybridized carbons (Fsp3) is 0.600. The summed E-state index contributed by atoms with van der Waals surface area (Å²) in [6, 6.07) is 2.56. The molecule has 1 aliphatic rings. The van der Waals surface area contributed by atoms with E-state index in [1.165, 1.54) is 12.1 Å². The molecule has 1 atom stereocenters. The highest BCUT2D eigenvalue weighted by Gasteiger charge is 2.24. The molecule has 0 amide bonds. The first kappa shape index (κ1) is 12.6.